The number of nitrogens with zero attached hydrogens (tertiary/aromatic N) is 2. The van der Waals surface area contributed by atoms with Gasteiger partial charge in [0, 0.05) is 17.0 Å². The predicted molar refractivity (Wildman–Crippen MR) is 78.3 cm³/mol. The Balaban J connectivity index is 1.70. The minimum atomic E-state index is -0.423. The van der Waals surface area contributed by atoms with E-state index in [1.807, 2.05) is 6.92 Å². The third-order valence-corrected chi connectivity index (χ3v) is 4.60. The van der Waals surface area contributed by atoms with Gasteiger partial charge in [-0.1, -0.05) is 17.7 Å². The molecule has 1 aliphatic heterocycles. The van der Waals surface area contributed by atoms with E-state index in [4.69, 9.17) is 20.8 Å². The lowest BCUT2D eigenvalue weighted by molar-refractivity contribution is -0.140. The number of carbonyl (C=O) groups excluding carboxylic acids is 1. The second-order valence-electron chi connectivity index (χ2n) is 4.93. The molecule has 2 heterocycles. The molecule has 1 aliphatic rings. The van der Waals surface area contributed by atoms with Gasteiger partial charge in [-0.3, -0.25) is 4.79 Å². The van der Waals surface area contributed by atoms with Crippen molar-refractivity contribution in [1.29, 1.82) is 0 Å². The highest BCUT2D eigenvalue weighted by Crippen LogP contribution is 2.32. The van der Waals surface area contributed by atoms with Crippen LogP contribution < -0.4 is 0 Å². The molecule has 0 bridgehead atoms. The summed E-state index contributed by atoms with van der Waals surface area (Å²) in [4.78, 5) is 11.6. The Bertz CT molecular complexity index is 689. The molecule has 8 heteroatoms. The van der Waals surface area contributed by atoms with Crippen molar-refractivity contribution < 1.29 is 18.3 Å². The van der Waals surface area contributed by atoms with Crippen LogP contribution in [-0.4, -0.2) is 27.5 Å². The number of halogens is 2. The van der Waals surface area contributed by atoms with Crippen LogP contribution in [0.5, 0.6) is 0 Å². The van der Waals surface area contributed by atoms with Gasteiger partial charge in [0.2, 0.25) is 5.89 Å². The molecule has 116 valence electrons. The second-order valence-corrected chi connectivity index (χ2v) is 6.49. The first kappa shape index (κ1) is 15.3. The predicted octanol–water partition coefficient (Wildman–Crippen LogP) is 3.25. The molecule has 0 N–H and O–H groups in total. The molecule has 1 aromatic heterocycles. The van der Waals surface area contributed by atoms with Crippen molar-refractivity contribution in [2.75, 3.05) is 0 Å². The first-order chi connectivity index (χ1) is 10.5. The minimum Gasteiger partial charge on any atom is -0.462 e. The van der Waals surface area contributed by atoms with Gasteiger partial charge >= 0.3 is 5.97 Å². The van der Waals surface area contributed by atoms with Crippen molar-refractivity contribution in [3.8, 4) is 0 Å². The SMILES string of the molecule is CC1CC(Sc2nnc(Cc3c(F)cccc3Cl)o2)C(=O)O1. The van der Waals surface area contributed by atoms with E-state index in [9.17, 15) is 9.18 Å². The molecule has 2 unspecified atom stereocenters. The summed E-state index contributed by atoms with van der Waals surface area (Å²) in [5, 5.41) is 7.95. The summed E-state index contributed by atoms with van der Waals surface area (Å²) in [6.45, 7) is 1.83. The van der Waals surface area contributed by atoms with Crippen LogP contribution in [0.2, 0.25) is 5.02 Å². The molecular formula is C14H12ClFN2O3S. The van der Waals surface area contributed by atoms with Crippen LogP contribution >= 0.6 is 23.4 Å². The van der Waals surface area contributed by atoms with Crippen LogP contribution in [0.15, 0.2) is 27.8 Å². The fraction of sp³-hybridized carbons (Fsp3) is 0.357. The third-order valence-electron chi connectivity index (χ3n) is 3.21. The van der Waals surface area contributed by atoms with Gasteiger partial charge in [-0.05, 0) is 30.8 Å². The number of esters is 1. The van der Waals surface area contributed by atoms with Crippen molar-refractivity contribution in [3.63, 3.8) is 0 Å². The molecule has 5 nitrogen and oxygen atoms in total. The van der Waals surface area contributed by atoms with Gasteiger partial charge in [0.25, 0.3) is 5.22 Å². The molecule has 2 atom stereocenters. The number of ether oxygens (including phenoxy) is 1. The van der Waals surface area contributed by atoms with Gasteiger partial charge in [0.15, 0.2) is 0 Å². The maximum atomic E-state index is 13.7. The standard InChI is InChI=1S/C14H12ClFN2O3S/c1-7-5-11(13(19)20-7)22-14-18-17-12(21-14)6-8-9(15)3-2-4-10(8)16/h2-4,7,11H,5-6H2,1H3. The highest BCUT2D eigenvalue weighted by atomic mass is 35.5. The molecule has 0 aliphatic carbocycles. The number of aromatic nitrogens is 2. The maximum Gasteiger partial charge on any atom is 0.320 e. The van der Waals surface area contributed by atoms with E-state index < -0.39 is 5.82 Å². The molecule has 0 saturated carbocycles. The van der Waals surface area contributed by atoms with Crippen LogP contribution in [0.1, 0.15) is 24.8 Å². The maximum absolute atomic E-state index is 13.7. The van der Waals surface area contributed by atoms with Crippen LogP contribution in [0, 0.1) is 5.82 Å². The quantitative estimate of drug-likeness (QED) is 0.795. The fourth-order valence-corrected chi connectivity index (χ4v) is 3.37. The van der Waals surface area contributed by atoms with Crippen LogP contribution in [0.25, 0.3) is 0 Å². The lowest BCUT2D eigenvalue weighted by atomic mass is 10.1. The lowest BCUT2D eigenvalue weighted by Crippen LogP contribution is -2.09. The van der Waals surface area contributed by atoms with Gasteiger partial charge in [-0.25, -0.2) is 4.39 Å². The fourth-order valence-electron chi connectivity index (χ4n) is 2.15. The summed E-state index contributed by atoms with van der Waals surface area (Å²) in [6, 6.07) is 4.45. The Morgan fingerprint density at radius 1 is 1.45 bits per heavy atom. The van der Waals surface area contributed by atoms with E-state index >= 15 is 0 Å². The Labute approximate surface area is 135 Å². The van der Waals surface area contributed by atoms with Crippen LogP contribution in [0.4, 0.5) is 4.39 Å². The minimum absolute atomic E-state index is 0.102. The molecule has 1 fully saturated rings. The van der Waals surface area contributed by atoms with Gasteiger partial charge in [-0.15, -0.1) is 10.2 Å². The monoisotopic (exact) mass is 342 g/mol. The number of hydrogen-bond donors (Lipinski definition) is 0. The average Bonchev–Trinajstić information content (AvgIpc) is 3.02. The average molecular weight is 343 g/mol. The Kier molecular flexibility index (Phi) is 4.35. The summed E-state index contributed by atoms with van der Waals surface area (Å²) in [7, 11) is 0. The number of carbonyl (C=O) groups is 1. The molecule has 0 radical (unpaired) electrons. The van der Waals surface area contributed by atoms with E-state index in [0.29, 0.717) is 17.0 Å². The second kappa shape index (κ2) is 6.26. The summed E-state index contributed by atoms with van der Waals surface area (Å²) < 4.78 is 24.2. The van der Waals surface area contributed by atoms with Crippen molar-refractivity contribution in [2.24, 2.45) is 0 Å². The van der Waals surface area contributed by atoms with E-state index in [1.165, 1.54) is 12.1 Å². The highest BCUT2D eigenvalue weighted by molar-refractivity contribution is 8.00. The molecule has 0 spiro atoms. The van der Waals surface area contributed by atoms with Gasteiger partial charge < -0.3 is 9.15 Å². The summed E-state index contributed by atoms with van der Waals surface area (Å²) in [5.41, 5.74) is 0.304. The Morgan fingerprint density at radius 3 is 2.95 bits per heavy atom. The number of cyclic esters (lactones) is 1. The van der Waals surface area contributed by atoms with E-state index in [-0.39, 0.29) is 34.9 Å². The molecule has 22 heavy (non-hydrogen) atoms. The van der Waals surface area contributed by atoms with Crippen molar-refractivity contribution in [1.82, 2.24) is 10.2 Å². The van der Waals surface area contributed by atoms with Crippen LogP contribution in [0.3, 0.4) is 0 Å². The van der Waals surface area contributed by atoms with Crippen molar-refractivity contribution in [2.45, 2.75) is 36.3 Å². The molecule has 1 aromatic carbocycles. The molecule has 0 amide bonds. The smallest absolute Gasteiger partial charge is 0.320 e. The van der Waals surface area contributed by atoms with E-state index in [1.54, 1.807) is 6.07 Å². The van der Waals surface area contributed by atoms with Crippen LogP contribution in [-0.2, 0) is 16.0 Å². The van der Waals surface area contributed by atoms with Gasteiger partial charge in [-0.2, -0.15) is 0 Å². The highest BCUT2D eigenvalue weighted by Gasteiger charge is 2.34. The number of benzene rings is 1. The largest absolute Gasteiger partial charge is 0.462 e. The topological polar surface area (TPSA) is 65.2 Å². The zero-order valence-corrected chi connectivity index (χ0v) is 13.2. The normalized spacial score (nSPS) is 21.1. The van der Waals surface area contributed by atoms with Gasteiger partial charge in [0.05, 0.1) is 6.42 Å². The number of thioether (sulfide) groups is 1. The summed E-state index contributed by atoms with van der Waals surface area (Å²) in [6.07, 6.45) is 0.593. The molecular weight excluding hydrogens is 331 g/mol. The van der Waals surface area contributed by atoms with Crippen molar-refractivity contribution in [3.05, 3.63) is 40.5 Å². The van der Waals surface area contributed by atoms with E-state index in [2.05, 4.69) is 10.2 Å². The van der Waals surface area contributed by atoms with E-state index in [0.717, 1.165) is 11.8 Å². The molecule has 3 rings (SSSR count). The molecule has 1 saturated heterocycles. The Hall–Kier alpha value is -1.60. The molecule has 2 aromatic rings. The number of rotatable bonds is 4. The summed E-state index contributed by atoms with van der Waals surface area (Å²) in [5.74, 6) is -0.462. The first-order valence-corrected chi connectivity index (χ1v) is 7.91. The van der Waals surface area contributed by atoms with Gasteiger partial charge in [0.1, 0.15) is 17.2 Å². The third kappa shape index (κ3) is 3.25. The first-order valence-electron chi connectivity index (χ1n) is 6.65. The lowest BCUT2D eigenvalue weighted by Gasteiger charge is -2.02. The number of hydrogen-bond acceptors (Lipinski definition) is 6. The summed E-state index contributed by atoms with van der Waals surface area (Å²) >= 11 is 7.12. The zero-order valence-electron chi connectivity index (χ0n) is 11.6. The zero-order chi connectivity index (χ0) is 15.7. The Morgan fingerprint density at radius 2 is 2.27 bits per heavy atom. The van der Waals surface area contributed by atoms with Crippen molar-refractivity contribution >= 4 is 29.3 Å².